The van der Waals surface area contributed by atoms with E-state index in [9.17, 15) is 0 Å². The second-order valence-corrected chi connectivity index (χ2v) is 11.6. The van der Waals surface area contributed by atoms with Gasteiger partial charge in [-0.1, -0.05) is 109 Å². The van der Waals surface area contributed by atoms with E-state index in [0.29, 0.717) is 0 Å². The maximum atomic E-state index is 2.49. The van der Waals surface area contributed by atoms with Crippen LogP contribution in [0.15, 0.2) is 121 Å². The van der Waals surface area contributed by atoms with Crippen molar-refractivity contribution in [3.05, 3.63) is 121 Å². The normalized spacial score (nSPS) is 13.0. The van der Waals surface area contributed by atoms with E-state index in [1.165, 1.54) is 108 Å². The Hall–Kier alpha value is -5.20. The van der Waals surface area contributed by atoms with Gasteiger partial charge in [-0.05, 0) is 120 Å². The molecule has 0 nitrogen and oxygen atoms in total. The summed E-state index contributed by atoms with van der Waals surface area (Å²) in [6, 6.07) is 46.0. The first-order valence-electron chi connectivity index (χ1n) is 14.1. The van der Waals surface area contributed by atoms with Crippen molar-refractivity contribution in [1.29, 1.82) is 0 Å². The SMILES string of the molecule is c1cc2cccc3c2c(c1)c1cc2cc4c5cccc6cccc(c65)c4c4c5cccc6cccc(c65)c(c13)c24. The second kappa shape index (κ2) is 6.50. The van der Waals surface area contributed by atoms with Crippen LogP contribution in [0.25, 0.3) is 108 Å². The fraction of sp³-hybridized carbons (Fsp3) is 0. The predicted octanol–water partition coefficient (Wildman–Crippen LogP) is 11.5. The van der Waals surface area contributed by atoms with E-state index < -0.39 is 0 Å². The number of hydrogen-bond acceptors (Lipinski definition) is 0. The van der Waals surface area contributed by atoms with Crippen LogP contribution in [0.2, 0.25) is 0 Å². The molecule has 0 unspecified atom stereocenters. The highest BCUT2D eigenvalue weighted by Crippen LogP contribution is 2.52. The van der Waals surface area contributed by atoms with Gasteiger partial charge < -0.3 is 0 Å². The minimum Gasteiger partial charge on any atom is -0.0610 e. The molecule has 0 saturated heterocycles. The maximum Gasteiger partial charge on any atom is -0.000740 e. The summed E-state index contributed by atoms with van der Waals surface area (Å²) in [6.07, 6.45) is 0. The number of rotatable bonds is 0. The molecule has 0 heterocycles. The Balaban J connectivity index is 1.60. The molecule has 11 rings (SSSR count). The van der Waals surface area contributed by atoms with Crippen molar-refractivity contribution in [3.8, 4) is 0 Å². The summed E-state index contributed by atoms with van der Waals surface area (Å²) in [5.74, 6) is 0. The van der Waals surface area contributed by atoms with Crippen LogP contribution < -0.4 is 0 Å². The van der Waals surface area contributed by atoms with Crippen molar-refractivity contribution < 1.29 is 0 Å². The molecule has 0 saturated carbocycles. The van der Waals surface area contributed by atoms with Gasteiger partial charge in [0.15, 0.2) is 0 Å². The molecule has 0 heteroatoms. The zero-order valence-corrected chi connectivity index (χ0v) is 21.5. The number of hydrogen-bond donors (Lipinski definition) is 0. The van der Waals surface area contributed by atoms with E-state index in [2.05, 4.69) is 121 Å². The van der Waals surface area contributed by atoms with Gasteiger partial charge in [-0.2, -0.15) is 0 Å². The molecule has 0 fully saturated rings. The summed E-state index contributed by atoms with van der Waals surface area (Å²) in [7, 11) is 0. The minimum absolute atomic E-state index is 1.31. The van der Waals surface area contributed by atoms with Gasteiger partial charge >= 0.3 is 0 Å². The van der Waals surface area contributed by atoms with Crippen molar-refractivity contribution in [2.24, 2.45) is 0 Å². The Bertz CT molecular complexity index is 2650. The molecule has 0 atom stereocenters. The van der Waals surface area contributed by atoms with E-state index in [-0.39, 0.29) is 0 Å². The average Bonchev–Trinajstić information content (AvgIpc) is 3.50. The molecule has 0 aromatic heterocycles. The summed E-state index contributed by atoms with van der Waals surface area (Å²) in [5.41, 5.74) is 0. The standard InChI is InChI=1S/C40H20/c1-7-21-9-3-15-27-33(21)25(13-1)31-19-24-20-32-26-14-2-8-22-10-4-16-28(34(22)26)38(32)40-30-18-6-12-23-11-5-17-29(35(23)30)39(36(24)40)37(27)31/h1-20H. The summed E-state index contributed by atoms with van der Waals surface area (Å²) in [4.78, 5) is 0. The summed E-state index contributed by atoms with van der Waals surface area (Å²) < 4.78 is 0. The largest absolute Gasteiger partial charge is 0.0610 e. The molecule has 0 aliphatic rings. The lowest BCUT2D eigenvalue weighted by Crippen LogP contribution is -1.88. The molecule has 0 aliphatic heterocycles. The topological polar surface area (TPSA) is 0 Å². The van der Waals surface area contributed by atoms with Crippen LogP contribution in [0.3, 0.4) is 0 Å². The van der Waals surface area contributed by atoms with Crippen LogP contribution >= 0.6 is 0 Å². The highest BCUT2D eigenvalue weighted by molar-refractivity contribution is 6.50. The lowest BCUT2D eigenvalue weighted by atomic mass is 9.85. The molecule has 0 aliphatic carbocycles. The van der Waals surface area contributed by atoms with Gasteiger partial charge in [-0.3, -0.25) is 0 Å². The Morgan fingerprint density at radius 1 is 0.200 bits per heavy atom. The van der Waals surface area contributed by atoms with Crippen LogP contribution in [-0.4, -0.2) is 0 Å². The smallest absolute Gasteiger partial charge is 0.000740 e. The zero-order chi connectivity index (χ0) is 25.7. The monoisotopic (exact) mass is 500 g/mol. The maximum absolute atomic E-state index is 2.49. The second-order valence-electron chi connectivity index (χ2n) is 11.6. The first kappa shape index (κ1) is 19.8. The quantitative estimate of drug-likeness (QED) is 0.143. The molecule has 0 amide bonds. The number of benzene rings is 9. The first-order chi connectivity index (χ1) is 19.9. The highest BCUT2D eigenvalue weighted by atomic mass is 14.3. The van der Waals surface area contributed by atoms with E-state index in [4.69, 9.17) is 0 Å². The van der Waals surface area contributed by atoms with E-state index in [1.54, 1.807) is 0 Å². The third-order valence-corrected chi connectivity index (χ3v) is 9.80. The first-order valence-corrected chi connectivity index (χ1v) is 14.1. The molecule has 11 aromatic carbocycles. The van der Waals surface area contributed by atoms with E-state index in [1.807, 2.05) is 0 Å². The summed E-state index contributed by atoms with van der Waals surface area (Å²) >= 11 is 0. The average molecular weight is 501 g/mol. The van der Waals surface area contributed by atoms with Gasteiger partial charge in [0.25, 0.3) is 0 Å². The molecule has 0 spiro atoms. The van der Waals surface area contributed by atoms with Gasteiger partial charge in [-0.25, -0.2) is 0 Å². The van der Waals surface area contributed by atoms with Crippen LogP contribution in [0, 0.1) is 0 Å². The fourth-order valence-corrected chi connectivity index (χ4v) is 8.40. The molecular weight excluding hydrogens is 480 g/mol. The van der Waals surface area contributed by atoms with E-state index >= 15 is 0 Å². The third kappa shape index (κ3) is 2.06. The Kier molecular flexibility index (Phi) is 3.22. The highest BCUT2D eigenvalue weighted by Gasteiger charge is 2.23. The Labute approximate surface area is 228 Å². The molecule has 0 N–H and O–H groups in total. The van der Waals surface area contributed by atoms with Gasteiger partial charge in [0.05, 0.1) is 0 Å². The molecule has 11 aromatic rings. The van der Waals surface area contributed by atoms with Gasteiger partial charge in [-0.15, -0.1) is 0 Å². The molecular formula is C40H20. The summed E-state index contributed by atoms with van der Waals surface area (Å²) in [6.45, 7) is 0. The van der Waals surface area contributed by atoms with Gasteiger partial charge in [0.1, 0.15) is 0 Å². The zero-order valence-electron chi connectivity index (χ0n) is 21.5. The third-order valence-electron chi connectivity index (χ3n) is 9.80. The number of fused-ring (bicyclic) bond motifs is 10. The molecule has 40 heavy (non-hydrogen) atoms. The fourth-order valence-electron chi connectivity index (χ4n) is 8.40. The van der Waals surface area contributed by atoms with Crippen LogP contribution in [-0.2, 0) is 0 Å². The van der Waals surface area contributed by atoms with E-state index in [0.717, 1.165) is 0 Å². The van der Waals surface area contributed by atoms with Gasteiger partial charge in [0.2, 0.25) is 0 Å². The van der Waals surface area contributed by atoms with Crippen molar-refractivity contribution in [3.63, 3.8) is 0 Å². The van der Waals surface area contributed by atoms with Crippen molar-refractivity contribution in [1.82, 2.24) is 0 Å². The summed E-state index contributed by atoms with van der Waals surface area (Å²) in [5, 5.41) is 27.4. The minimum atomic E-state index is 1.31. The lowest BCUT2D eigenvalue weighted by Gasteiger charge is -2.17. The predicted molar refractivity (Wildman–Crippen MR) is 175 cm³/mol. The Morgan fingerprint density at radius 3 is 0.925 bits per heavy atom. The molecule has 0 radical (unpaired) electrons. The molecule has 180 valence electrons. The van der Waals surface area contributed by atoms with Crippen molar-refractivity contribution >= 4 is 108 Å². The Morgan fingerprint density at radius 2 is 0.525 bits per heavy atom. The van der Waals surface area contributed by atoms with Gasteiger partial charge in [0, 0.05) is 0 Å². The van der Waals surface area contributed by atoms with Crippen LogP contribution in [0.5, 0.6) is 0 Å². The lowest BCUT2D eigenvalue weighted by molar-refractivity contribution is 1.83. The van der Waals surface area contributed by atoms with Crippen LogP contribution in [0.4, 0.5) is 0 Å². The van der Waals surface area contributed by atoms with Crippen molar-refractivity contribution in [2.45, 2.75) is 0 Å². The molecule has 0 bridgehead atoms. The van der Waals surface area contributed by atoms with Crippen LogP contribution in [0.1, 0.15) is 0 Å². The van der Waals surface area contributed by atoms with Crippen molar-refractivity contribution in [2.75, 3.05) is 0 Å².